The number of hydrogen-bond donors (Lipinski definition) is 0. The van der Waals surface area contributed by atoms with E-state index in [-0.39, 0.29) is 24.8 Å². The summed E-state index contributed by atoms with van der Waals surface area (Å²) in [4.78, 5) is 42.8. The highest BCUT2D eigenvalue weighted by atomic mass is 127. The standard InChI is InChI=1S/C28H27IN2O5/c1-18-4-7-20(8-5-18)27(33)30(15-14-19-6-13-24(35-2)25(16-19)36-3)23-17-26(32)31(28(23)34)22-11-9-21(29)10-12-22/h4-13,16,23H,14-15,17H2,1-3H3. The third-order valence-corrected chi connectivity index (χ3v) is 6.95. The van der Waals surface area contributed by atoms with Gasteiger partial charge in [0.2, 0.25) is 5.91 Å². The van der Waals surface area contributed by atoms with Crippen molar-refractivity contribution in [2.24, 2.45) is 0 Å². The van der Waals surface area contributed by atoms with Gasteiger partial charge in [-0.3, -0.25) is 14.4 Å². The maximum atomic E-state index is 13.6. The van der Waals surface area contributed by atoms with E-state index < -0.39 is 11.9 Å². The molecule has 4 rings (SSSR count). The normalized spacial score (nSPS) is 15.2. The zero-order valence-electron chi connectivity index (χ0n) is 20.4. The second-order valence-electron chi connectivity index (χ2n) is 8.57. The summed E-state index contributed by atoms with van der Waals surface area (Å²) in [5, 5.41) is 0. The van der Waals surface area contributed by atoms with Crippen molar-refractivity contribution in [2.75, 3.05) is 25.7 Å². The molecule has 1 aliphatic heterocycles. The second-order valence-corrected chi connectivity index (χ2v) is 9.81. The number of imide groups is 1. The highest BCUT2D eigenvalue weighted by molar-refractivity contribution is 14.1. The third-order valence-electron chi connectivity index (χ3n) is 6.23. The zero-order valence-corrected chi connectivity index (χ0v) is 22.5. The predicted molar refractivity (Wildman–Crippen MR) is 146 cm³/mol. The molecule has 0 radical (unpaired) electrons. The minimum atomic E-state index is -0.884. The molecule has 1 unspecified atom stereocenters. The van der Waals surface area contributed by atoms with E-state index in [1.807, 2.05) is 49.4 Å². The van der Waals surface area contributed by atoms with Crippen LogP contribution >= 0.6 is 22.6 Å². The largest absolute Gasteiger partial charge is 0.493 e. The van der Waals surface area contributed by atoms with E-state index in [9.17, 15) is 14.4 Å². The molecule has 0 aliphatic carbocycles. The summed E-state index contributed by atoms with van der Waals surface area (Å²) in [6, 6.07) is 19.1. The average molecular weight is 598 g/mol. The first-order valence-electron chi connectivity index (χ1n) is 11.5. The van der Waals surface area contributed by atoms with Crippen LogP contribution in [0.25, 0.3) is 0 Å². The summed E-state index contributed by atoms with van der Waals surface area (Å²) in [7, 11) is 3.14. The number of carbonyl (C=O) groups excluding carboxylic acids is 3. The Labute approximate surface area is 224 Å². The number of halogens is 1. The van der Waals surface area contributed by atoms with Crippen molar-refractivity contribution in [3.05, 3.63) is 87.0 Å². The van der Waals surface area contributed by atoms with Gasteiger partial charge in [-0.2, -0.15) is 0 Å². The topological polar surface area (TPSA) is 76.2 Å². The van der Waals surface area contributed by atoms with Crippen molar-refractivity contribution in [3.63, 3.8) is 0 Å². The van der Waals surface area contributed by atoms with Crippen LogP contribution in [0, 0.1) is 10.5 Å². The zero-order chi connectivity index (χ0) is 25.8. The maximum absolute atomic E-state index is 13.6. The van der Waals surface area contributed by atoms with Gasteiger partial charge in [-0.05, 0) is 90.0 Å². The summed E-state index contributed by atoms with van der Waals surface area (Å²) >= 11 is 2.17. The molecule has 3 aromatic rings. The van der Waals surface area contributed by atoms with E-state index >= 15 is 0 Å². The Morgan fingerprint density at radius 3 is 2.28 bits per heavy atom. The molecule has 0 spiro atoms. The molecule has 1 atom stereocenters. The molecule has 1 fully saturated rings. The van der Waals surface area contributed by atoms with Crippen LogP contribution in [-0.4, -0.2) is 49.4 Å². The second kappa shape index (κ2) is 11.1. The van der Waals surface area contributed by atoms with E-state index in [4.69, 9.17) is 9.47 Å². The van der Waals surface area contributed by atoms with Crippen LogP contribution in [0.15, 0.2) is 66.7 Å². The van der Waals surface area contributed by atoms with Crippen molar-refractivity contribution in [3.8, 4) is 11.5 Å². The number of hydrogen-bond acceptors (Lipinski definition) is 5. The Balaban J connectivity index is 1.63. The van der Waals surface area contributed by atoms with Crippen LogP contribution in [0.2, 0.25) is 0 Å². The van der Waals surface area contributed by atoms with E-state index in [0.717, 1.165) is 14.7 Å². The van der Waals surface area contributed by atoms with Crippen molar-refractivity contribution < 1.29 is 23.9 Å². The van der Waals surface area contributed by atoms with E-state index in [1.165, 1.54) is 9.80 Å². The van der Waals surface area contributed by atoms with Gasteiger partial charge in [0.1, 0.15) is 6.04 Å². The SMILES string of the molecule is COc1ccc(CCN(C(=O)c2ccc(C)cc2)C2CC(=O)N(c3ccc(I)cc3)C2=O)cc1OC. The van der Waals surface area contributed by atoms with Gasteiger partial charge in [0.25, 0.3) is 11.8 Å². The molecule has 7 nitrogen and oxygen atoms in total. The number of amides is 3. The molecule has 3 amide bonds. The molecular weight excluding hydrogens is 571 g/mol. The van der Waals surface area contributed by atoms with Gasteiger partial charge >= 0.3 is 0 Å². The first kappa shape index (κ1) is 25.7. The van der Waals surface area contributed by atoms with Gasteiger partial charge in [0.05, 0.1) is 26.3 Å². The number of ether oxygens (including phenoxy) is 2. The summed E-state index contributed by atoms with van der Waals surface area (Å²) < 4.78 is 11.7. The average Bonchev–Trinajstić information content (AvgIpc) is 3.18. The van der Waals surface area contributed by atoms with Gasteiger partial charge in [-0.15, -0.1) is 0 Å². The molecule has 3 aromatic carbocycles. The Morgan fingerprint density at radius 1 is 0.972 bits per heavy atom. The van der Waals surface area contributed by atoms with Gasteiger partial charge in [0.15, 0.2) is 11.5 Å². The van der Waals surface area contributed by atoms with Crippen molar-refractivity contribution in [2.45, 2.75) is 25.8 Å². The fourth-order valence-corrected chi connectivity index (χ4v) is 4.63. The van der Waals surface area contributed by atoms with Crippen LogP contribution in [0.5, 0.6) is 11.5 Å². The molecule has 0 N–H and O–H groups in total. The monoisotopic (exact) mass is 598 g/mol. The van der Waals surface area contributed by atoms with Crippen LogP contribution in [-0.2, 0) is 16.0 Å². The fourth-order valence-electron chi connectivity index (χ4n) is 4.27. The van der Waals surface area contributed by atoms with Crippen LogP contribution in [0.4, 0.5) is 5.69 Å². The first-order valence-corrected chi connectivity index (χ1v) is 12.6. The number of methoxy groups -OCH3 is 2. The predicted octanol–water partition coefficient (Wildman–Crippen LogP) is 4.63. The molecule has 0 saturated carbocycles. The van der Waals surface area contributed by atoms with Crippen molar-refractivity contribution >= 4 is 46.0 Å². The molecule has 186 valence electrons. The minimum Gasteiger partial charge on any atom is -0.493 e. The third kappa shape index (κ3) is 5.38. The van der Waals surface area contributed by atoms with Gasteiger partial charge in [-0.1, -0.05) is 23.8 Å². The van der Waals surface area contributed by atoms with E-state index in [1.54, 1.807) is 38.5 Å². The van der Waals surface area contributed by atoms with Gasteiger partial charge < -0.3 is 14.4 Å². The molecule has 0 aromatic heterocycles. The lowest BCUT2D eigenvalue weighted by molar-refractivity contribution is -0.122. The van der Waals surface area contributed by atoms with E-state index in [2.05, 4.69) is 22.6 Å². The quantitative estimate of drug-likeness (QED) is 0.279. The summed E-state index contributed by atoms with van der Waals surface area (Å²) in [5.41, 5.74) is 2.93. The van der Waals surface area contributed by atoms with Gasteiger partial charge in [0, 0.05) is 15.7 Å². The summed E-state index contributed by atoms with van der Waals surface area (Å²) in [6.07, 6.45) is 0.411. The number of carbonyl (C=O) groups is 3. The number of anilines is 1. The van der Waals surface area contributed by atoms with Crippen LogP contribution < -0.4 is 14.4 Å². The molecular formula is C28H27IN2O5. The number of aryl methyl sites for hydroxylation is 1. The Bertz CT molecular complexity index is 1270. The molecule has 1 saturated heterocycles. The van der Waals surface area contributed by atoms with Crippen LogP contribution in [0.1, 0.15) is 27.9 Å². The van der Waals surface area contributed by atoms with Gasteiger partial charge in [-0.25, -0.2) is 4.90 Å². The molecule has 36 heavy (non-hydrogen) atoms. The highest BCUT2D eigenvalue weighted by Gasteiger charge is 2.44. The van der Waals surface area contributed by atoms with Crippen molar-refractivity contribution in [1.82, 2.24) is 4.90 Å². The lowest BCUT2D eigenvalue weighted by Crippen LogP contribution is -2.46. The summed E-state index contributed by atoms with van der Waals surface area (Å²) in [6.45, 7) is 2.20. The Hall–Kier alpha value is -3.40. The minimum absolute atomic E-state index is 0.0612. The fraction of sp³-hybridized carbons (Fsp3) is 0.250. The lowest BCUT2D eigenvalue weighted by Gasteiger charge is -2.28. The molecule has 0 bridgehead atoms. The number of nitrogens with zero attached hydrogens (tertiary/aromatic N) is 2. The Kier molecular flexibility index (Phi) is 7.93. The number of rotatable bonds is 8. The first-order chi connectivity index (χ1) is 17.3. The summed E-state index contributed by atoms with van der Waals surface area (Å²) in [5.74, 6) is 0.195. The van der Waals surface area contributed by atoms with Crippen molar-refractivity contribution in [1.29, 1.82) is 0 Å². The van der Waals surface area contributed by atoms with Crippen LogP contribution in [0.3, 0.4) is 0 Å². The molecule has 8 heteroatoms. The molecule has 1 heterocycles. The molecule has 1 aliphatic rings. The highest BCUT2D eigenvalue weighted by Crippen LogP contribution is 2.30. The number of benzene rings is 3. The van der Waals surface area contributed by atoms with E-state index in [0.29, 0.717) is 29.2 Å². The maximum Gasteiger partial charge on any atom is 0.257 e. The smallest absolute Gasteiger partial charge is 0.257 e. The lowest BCUT2D eigenvalue weighted by atomic mass is 10.1. The Morgan fingerprint density at radius 2 is 1.64 bits per heavy atom.